The molecule has 0 heterocycles. The molecule has 1 N–H and O–H groups in total. The first kappa shape index (κ1) is 14.0. The topological polar surface area (TPSA) is 24.4 Å². The van der Waals surface area contributed by atoms with Gasteiger partial charge in [-0.3, -0.25) is 5.43 Å². The summed E-state index contributed by atoms with van der Waals surface area (Å²) in [4.78, 5) is 1.28. The average molecular weight is 291 g/mol. The fourth-order valence-electron chi connectivity index (χ4n) is 1.56. The Hall–Kier alpha value is -1.45. The molecule has 0 aliphatic carbocycles. The molecule has 0 atom stereocenters. The third-order valence-corrected chi connectivity index (χ3v) is 3.55. The van der Waals surface area contributed by atoms with Crippen LogP contribution in [0.1, 0.15) is 12.5 Å². The van der Waals surface area contributed by atoms with Gasteiger partial charge in [-0.2, -0.15) is 5.10 Å². The highest BCUT2D eigenvalue weighted by Gasteiger charge is 1.93. The van der Waals surface area contributed by atoms with Gasteiger partial charge in [0.1, 0.15) is 0 Å². The van der Waals surface area contributed by atoms with Crippen LogP contribution in [0.25, 0.3) is 0 Å². The minimum Gasteiger partial charge on any atom is -0.278 e. The highest BCUT2D eigenvalue weighted by Crippen LogP contribution is 2.17. The third kappa shape index (κ3) is 4.62. The minimum absolute atomic E-state index is 0.696. The lowest BCUT2D eigenvalue weighted by atomic mass is 10.2. The van der Waals surface area contributed by atoms with Crippen molar-refractivity contribution in [3.8, 4) is 0 Å². The maximum absolute atomic E-state index is 5.89. The van der Waals surface area contributed by atoms with Crippen LogP contribution in [0.2, 0.25) is 5.02 Å². The lowest BCUT2D eigenvalue weighted by Crippen LogP contribution is -1.90. The quantitative estimate of drug-likeness (QED) is 0.481. The molecule has 19 heavy (non-hydrogen) atoms. The Kier molecular flexibility index (Phi) is 5.31. The van der Waals surface area contributed by atoms with Crippen molar-refractivity contribution in [1.82, 2.24) is 0 Å². The SMILES string of the molecule is CCSc1ccc(C=NNc2cccc(Cl)c2)cc1. The lowest BCUT2D eigenvalue weighted by molar-refractivity contribution is 1.34. The Labute approximate surface area is 122 Å². The van der Waals surface area contributed by atoms with Crippen LogP contribution >= 0.6 is 23.4 Å². The van der Waals surface area contributed by atoms with Gasteiger partial charge in [0.15, 0.2) is 0 Å². The number of hydrogen-bond acceptors (Lipinski definition) is 3. The summed E-state index contributed by atoms with van der Waals surface area (Å²) in [7, 11) is 0. The van der Waals surface area contributed by atoms with Crippen LogP contribution in [-0.4, -0.2) is 12.0 Å². The van der Waals surface area contributed by atoms with E-state index in [4.69, 9.17) is 11.6 Å². The normalized spacial score (nSPS) is 10.8. The first-order valence-corrected chi connectivity index (χ1v) is 7.42. The summed E-state index contributed by atoms with van der Waals surface area (Å²) in [5.41, 5.74) is 4.90. The molecular formula is C15H15ClN2S. The second-order valence-corrected chi connectivity index (χ2v) is 5.66. The van der Waals surface area contributed by atoms with Crippen molar-refractivity contribution < 1.29 is 0 Å². The van der Waals surface area contributed by atoms with E-state index < -0.39 is 0 Å². The predicted molar refractivity (Wildman–Crippen MR) is 85.5 cm³/mol. The van der Waals surface area contributed by atoms with Gasteiger partial charge in [0, 0.05) is 9.92 Å². The number of benzene rings is 2. The molecule has 98 valence electrons. The minimum atomic E-state index is 0.696. The van der Waals surface area contributed by atoms with E-state index in [0.29, 0.717) is 5.02 Å². The van der Waals surface area contributed by atoms with Crippen LogP contribution in [0.3, 0.4) is 0 Å². The molecule has 0 fully saturated rings. The lowest BCUT2D eigenvalue weighted by Gasteiger charge is -2.01. The van der Waals surface area contributed by atoms with E-state index in [1.165, 1.54) is 4.90 Å². The maximum atomic E-state index is 5.89. The summed E-state index contributed by atoms with van der Waals surface area (Å²) >= 11 is 7.73. The number of rotatable bonds is 5. The van der Waals surface area contributed by atoms with Gasteiger partial charge in [0.25, 0.3) is 0 Å². The third-order valence-electron chi connectivity index (χ3n) is 2.42. The van der Waals surface area contributed by atoms with Gasteiger partial charge in [-0.1, -0.05) is 36.7 Å². The molecule has 2 aromatic carbocycles. The van der Waals surface area contributed by atoms with Crippen LogP contribution in [0.5, 0.6) is 0 Å². The zero-order valence-corrected chi connectivity index (χ0v) is 12.2. The monoisotopic (exact) mass is 290 g/mol. The van der Waals surface area contributed by atoms with Crippen molar-refractivity contribution in [3.05, 3.63) is 59.1 Å². The predicted octanol–water partition coefficient (Wildman–Crippen LogP) is 4.90. The van der Waals surface area contributed by atoms with Crippen molar-refractivity contribution in [2.45, 2.75) is 11.8 Å². The summed E-state index contributed by atoms with van der Waals surface area (Å²) < 4.78 is 0. The van der Waals surface area contributed by atoms with E-state index >= 15 is 0 Å². The van der Waals surface area contributed by atoms with Crippen molar-refractivity contribution in [2.75, 3.05) is 11.2 Å². The van der Waals surface area contributed by atoms with E-state index in [0.717, 1.165) is 17.0 Å². The second kappa shape index (κ2) is 7.22. The van der Waals surface area contributed by atoms with E-state index in [-0.39, 0.29) is 0 Å². The van der Waals surface area contributed by atoms with Gasteiger partial charge in [0.05, 0.1) is 11.9 Å². The molecule has 2 aromatic rings. The fourth-order valence-corrected chi connectivity index (χ4v) is 2.41. The van der Waals surface area contributed by atoms with E-state index in [9.17, 15) is 0 Å². The first-order chi connectivity index (χ1) is 9.28. The molecule has 2 rings (SSSR count). The fraction of sp³-hybridized carbons (Fsp3) is 0.133. The van der Waals surface area contributed by atoms with Crippen LogP contribution < -0.4 is 5.43 Å². The van der Waals surface area contributed by atoms with Gasteiger partial charge in [-0.25, -0.2) is 0 Å². The molecule has 0 spiro atoms. The Balaban J connectivity index is 1.95. The summed E-state index contributed by atoms with van der Waals surface area (Å²) in [6.07, 6.45) is 1.79. The van der Waals surface area contributed by atoms with Gasteiger partial charge in [0.2, 0.25) is 0 Å². The van der Waals surface area contributed by atoms with Gasteiger partial charge in [-0.15, -0.1) is 11.8 Å². The molecule has 0 radical (unpaired) electrons. The highest BCUT2D eigenvalue weighted by atomic mass is 35.5. The number of hydrogen-bond donors (Lipinski definition) is 1. The number of thioether (sulfide) groups is 1. The van der Waals surface area contributed by atoms with Crippen LogP contribution in [0.15, 0.2) is 58.5 Å². The van der Waals surface area contributed by atoms with Gasteiger partial charge < -0.3 is 0 Å². The van der Waals surface area contributed by atoms with Crippen molar-refractivity contribution >= 4 is 35.3 Å². The number of anilines is 1. The molecule has 0 aromatic heterocycles. The molecule has 0 bridgehead atoms. The molecule has 2 nitrogen and oxygen atoms in total. The number of nitrogens with zero attached hydrogens (tertiary/aromatic N) is 1. The molecule has 0 saturated carbocycles. The van der Waals surface area contributed by atoms with Gasteiger partial charge in [-0.05, 0) is 41.6 Å². The van der Waals surface area contributed by atoms with Crippen LogP contribution in [-0.2, 0) is 0 Å². The van der Waals surface area contributed by atoms with E-state index in [2.05, 4.69) is 41.7 Å². The molecule has 0 aliphatic rings. The Morgan fingerprint density at radius 2 is 2.00 bits per heavy atom. The largest absolute Gasteiger partial charge is 0.278 e. The molecule has 0 aliphatic heterocycles. The van der Waals surface area contributed by atoms with Crippen molar-refractivity contribution in [1.29, 1.82) is 0 Å². The zero-order valence-electron chi connectivity index (χ0n) is 10.6. The van der Waals surface area contributed by atoms with Crippen LogP contribution in [0, 0.1) is 0 Å². The second-order valence-electron chi connectivity index (χ2n) is 3.88. The van der Waals surface area contributed by atoms with Crippen LogP contribution in [0.4, 0.5) is 5.69 Å². The zero-order chi connectivity index (χ0) is 13.5. The van der Waals surface area contributed by atoms with E-state index in [1.807, 2.05) is 36.0 Å². The standard InChI is InChI=1S/C15H15ClN2S/c1-2-19-15-8-6-12(7-9-15)11-17-18-14-5-3-4-13(16)10-14/h3-11,18H,2H2,1H3. The molecular weight excluding hydrogens is 276 g/mol. The van der Waals surface area contributed by atoms with Crippen molar-refractivity contribution in [2.24, 2.45) is 5.10 Å². The van der Waals surface area contributed by atoms with Gasteiger partial charge >= 0.3 is 0 Å². The molecule has 0 saturated heterocycles. The average Bonchev–Trinajstić information content (AvgIpc) is 2.41. The Morgan fingerprint density at radius 3 is 2.68 bits per heavy atom. The molecule has 0 unspecified atom stereocenters. The summed E-state index contributed by atoms with van der Waals surface area (Å²) in [6.45, 7) is 2.15. The Morgan fingerprint density at radius 1 is 1.21 bits per heavy atom. The maximum Gasteiger partial charge on any atom is 0.0576 e. The summed E-state index contributed by atoms with van der Waals surface area (Å²) in [5, 5.41) is 4.88. The number of hydrazone groups is 1. The highest BCUT2D eigenvalue weighted by molar-refractivity contribution is 7.99. The molecule has 0 amide bonds. The number of nitrogens with one attached hydrogen (secondary N) is 1. The first-order valence-electron chi connectivity index (χ1n) is 6.05. The van der Waals surface area contributed by atoms with Crippen molar-refractivity contribution in [3.63, 3.8) is 0 Å². The molecule has 4 heteroatoms. The van der Waals surface area contributed by atoms with E-state index in [1.54, 1.807) is 6.21 Å². The Bertz CT molecular complexity index is 552. The summed E-state index contributed by atoms with van der Waals surface area (Å²) in [5.74, 6) is 1.09. The number of halogens is 1. The smallest absolute Gasteiger partial charge is 0.0576 e. The summed E-state index contributed by atoms with van der Waals surface area (Å²) in [6, 6.07) is 15.8.